The fourth-order valence-electron chi connectivity index (χ4n) is 0.308. The standard InChI is InChI=1S/C3H8NO5P.HO3P/c5-3(6)1-4-2-10(7,8)9;1-4(2)3/h4H,1-2H2,(H,5,6)(H2,7,8,9);(H-,1,2,3)/p+1. The van der Waals surface area contributed by atoms with Crippen molar-refractivity contribution in [2.45, 2.75) is 0 Å². The SMILES string of the molecule is O=C(O)CNCP(=O)(O)O.O=[P+](O)O. The molecule has 0 rings (SSSR count). The number of carboxylic acids is 1. The summed E-state index contributed by atoms with van der Waals surface area (Å²) in [4.78, 5) is 40.4. The Hall–Kier alpha value is -0.400. The van der Waals surface area contributed by atoms with Gasteiger partial charge in [-0.1, -0.05) is 0 Å². The van der Waals surface area contributed by atoms with Crippen molar-refractivity contribution in [1.82, 2.24) is 5.32 Å². The van der Waals surface area contributed by atoms with E-state index in [0.29, 0.717) is 0 Å². The molecule has 0 amide bonds. The van der Waals surface area contributed by atoms with Gasteiger partial charge in [0.1, 0.15) is 0 Å². The second-order valence-electron chi connectivity index (χ2n) is 1.90. The summed E-state index contributed by atoms with van der Waals surface area (Å²) in [6.45, 7) is -0.439. The van der Waals surface area contributed by atoms with Crippen LogP contribution in [0.15, 0.2) is 0 Å². The molecule has 0 atom stereocenters. The first-order chi connectivity index (χ1) is 6.15. The number of carboxylic acid groups (broad SMARTS) is 1. The summed E-state index contributed by atoms with van der Waals surface area (Å²) >= 11 is 0. The molecule has 9 nitrogen and oxygen atoms in total. The second-order valence-corrected chi connectivity index (χ2v) is 4.05. The van der Waals surface area contributed by atoms with Crippen LogP contribution in [0.2, 0.25) is 0 Å². The quantitative estimate of drug-likeness (QED) is 0.323. The Morgan fingerprint density at radius 1 is 1.36 bits per heavy atom. The van der Waals surface area contributed by atoms with Gasteiger partial charge < -0.3 is 14.9 Å². The molecule has 0 aliphatic carbocycles. The Labute approximate surface area is 79.5 Å². The van der Waals surface area contributed by atoms with Crippen LogP contribution in [0.4, 0.5) is 0 Å². The number of hydrogen-bond donors (Lipinski definition) is 6. The van der Waals surface area contributed by atoms with E-state index < -0.39 is 34.7 Å². The number of aliphatic carboxylic acids is 1. The molecule has 84 valence electrons. The molecule has 0 aliphatic rings. The molecule has 0 aromatic heterocycles. The summed E-state index contributed by atoms with van der Waals surface area (Å²) in [7, 11) is -6.97. The maximum Gasteiger partial charge on any atom is 0.692 e. The van der Waals surface area contributed by atoms with Crippen molar-refractivity contribution in [3.63, 3.8) is 0 Å². The van der Waals surface area contributed by atoms with Crippen molar-refractivity contribution < 1.29 is 38.6 Å². The maximum atomic E-state index is 10.1. The lowest BCUT2D eigenvalue weighted by Crippen LogP contribution is -2.23. The molecule has 0 spiro atoms. The normalized spacial score (nSPS) is 10.0. The average molecular weight is 250 g/mol. The highest BCUT2D eigenvalue weighted by molar-refractivity contribution is 7.51. The largest absolute Gasteiger partial charge is 0.692 e. The predicted octanol–water partition coefficient (Wildman–Crippen LogP) is -1.58. The Balaban J connectivity index is 0. The van der Waals surface area contributed by atoms with E-state index in [9.17, 15) is 9.36 Å². The first-order valence-electron chi connectivity index (χ1n) is 2.97. The van der Waals surface area contributed by atoms with Gasteiger partial charge in [-0.2, -0.15) is 0 Å². The minimum atomic E-state index is -4.10. The lowest BCUT2D eigenvalue weighted by Gasteiger charge is -2.02. The van der Waals surface area contributed by atoms with Gasteiger partial charge in [0.05, 0.1) is 12.8 Å². The van der Waals surface area contributed by atoms with Crippen molar-refractivity contribution in [3.8, 4) is 0 Å². The van der Waals surface area contributed by atoms with E-state index in [1.54, 1.807) is 0 Å². The third kappa shape index (κ3) is 29.9. The van der Waals surface area contributed by atoms with Gasteiger partial charge in [0.25, 0.3) is 0 Å². The van der Waals surface area contributed by atoms with E-state index in [0.717, 1.165) is 0 Å². The lowest BCUT2D eigenvalue weighted by molar-refractivity contribution is -0.135. The van der Waals surface area contributed by atoms with E-state index in [1.165, 1.54) is 0 Å². The molecule has 0 fully saturated rings. The van der Waals surface area contributed by atoms with Crippen LogP contribution in [-0.2, 0) is 13.9 Å². The molecule has 11 heteroatoms. The Morgan fingerprint density at radius 3 is 1.93 bits per heavy atom. The van der Waals surface area contributed by atoms with Crippen molar-refractivity contribution in [2.75, 3.05) is 12.8 Å². The van der Waals surface area contributed by atoms with Crippen LogP contribution in [0.1, 0.15) is 0 Å². The third-order valence-corrected chi connectivity index (χ3v) is 1.23. The van der Waals surface area contributed by atoms with Gasteiger partial charge in [0, 0.05) is 4.57 Å². The highest BCUT2D eigenvalue weighted by atomic mass is 31.2. The Kier molecular flexibility index (Phi) is 9.12. The van der Waals surface area contributed by atoms with Gasteiger partial charge in [0.15, 0.2) is 0 Å². The third-order valence-electron chi connectivity index (χ3n) is 0.594. The van der Waals surface area contributed by atoms with Gasteiger partial charge >= 0.3 is 21.8 Å². The van der Waals surface area contributed by atoms with Crippen LogP contribution in [0, 0.1) is 0 Å². The van der Waals surface area contributed by atoms with E-state index in [2.05, 4.69) is 5.32 Å². The number of nitrogens with one attached hydrogen (secondary N) is 1. The van der Waals surface area contributed by atoms with Crippen LogP contribution >= 0.6 is 15.9 Å². The highest BCUT2D eigenvalue weighted by Crippen LogP contribution is 2.31. The summed E-state index contributed by atoms with van der Waals surface area (Å²) < 4.78 is 18.8. The fraction of sp³-hybridized carbons (Fsp3) is 0.667. The van der Waals surface area contributed by atoms with Gasteiger partial charge in [-0.3, -0.25) is 14.7 Å². The first-order valence-corrected chi connectivity index (χ1v) is 5.93. The summed E-state index contributed by atoms with van der Waals surface area (Å²) in [6.07, 6.45) is -0.598. The predicted molar refractivity (Wildman–Crippen MR) is 44.6 cm³/mol. The molecule has 0 bridgehead atoms. The average Bonchev–Trinajstić information content (AvgIpc) is 1.80. The summed E-state index contributed by atoms with van der Waals surface area (Å²) in [5, 5.41) is 10.1. The molecule has 0 saturated carbocycles. The van der Waals surface area contributed by atoms with E-state index in [-0.39, 0.29) is 0 Å². The maximum absolute atomic E-state index is 10.1. The summed E-state index contributed by atoms with van der Waals surface area (Å²) in [6, 6.07) is 0. The molecule has 14 heavy (non-hydrogen) atoms. The Morgan fingerprint density at radius 2 is 1.71 bits per heavy atom. The second kappa shape index (κ2) is 7.95. The molecule has 0 unspecified atom stereocenters. The molecule has 6 N–H and O–H groups in total. The smallest absolute Gasteiger partial charge is 0.480 e. The fourth-order valence-corrected chi connectivity index (χ4v) is 0.712. The molecule has 0 heterocycles. The first kappa shape index (κ1) is 16.0. The molecule has 0 saturated heterocycles. The van der Waals surface area contributed by atoms with Gasteiger partial charge in [-0.05, 0) is 0 Å². The number of hydrogen-bond acceptors (Lipinski definition) is 4. The van der Waals surface area contributed by atoms with Gasteiger partial charge in [-0.25, -0.2) is 0 Å². The van der Waals surface area contributed by atoms with E-state index in [4.69, 9.17) is 29.2 Å². The summed E-state index contributed by atoms with van der Waals surface area (Å²) in [5.74, 6) is -1.14. The molecule has 0 aromatic rings. The minimum absolute atomic E-state index is 0.439. The van der Waals surface area contributed by atoms with Gasteiger partial charge in [0.2, 0.25) is 0 Å². The molecular weight excluding hydrogens is 240 g/mol. The Bertz CT molecular complexity index is 231. The van der Waals surface area contributed by atoms with Crippen molar-refractivity contribution >= 4 is 21.8 Å². The molecule has 0 aromatic carbocycles. The van der Waals surface area contributed by atoms with Gasteiger partial charge in [-0.15, -0.1) is 9.79 Å². The van der Waals surface area contributed by atoms with Crippen molar-refractivity contribution in [2.24, 2.45) is 0 Å². The molecule has 0 radical (unpaired) electrons. The number of carbonyl (C=O) groups is 1. The lowest BCUT2D eigenvalue weighted by atomic mass is 10.7. The monoisotopic (exact) mass is 250 g/mol. The van der Waals surface area contributed by atoms with E-state index >= 15 is 0 Å². The van der Waals surface area contributed by atoms with E-state index in [1.807, 2.05) is 0 Å². The summed E-state index contributed by atoms with van der Waals surface area (Å²) in [5.41, 5.74) is 0. The molecule has 0 aliphatic heterocycles. The highest BCUT2D eigenvalue weighted by Gasteiger charge is 2.11. The van der Waals surface area contributed by atoms with Crippen LogP contribution in [0.25, 0.3) is 0 Å². The minimum Gasteiger partial charge on any atom is -0.480 e. The van der Waals surface area contributed by atoms with Crippen LogP contribution in [0.5, 0.6) is 0 Å². The van der Waals surface area contributed by atoms with Crippen LogP contribution in [-0.4, -0.2) is 43.5 Å². The zero-order valence-electron chi connectivity index (χ0n) is 6.77. The van der Waals surface area contributed by atoms with Crippen LogP contribution in [0.3, 0.4) is 0 Å². The van der Waals surface area contributed by atoms with Crippen molar-refractivity contribution in [3.05, 3.63) is 0 Å². The molecular formula is C3H10NO8P2+. The zero-order chi connectivity index (χ0) is 11.8. The van der Waals surface area contributed by atoms with Crippen LogP contribution < -0.4 is 5.32 Å². The van der Waals surface area contributed by atoms with Crippen molar-refractivity contribution in [1.29, 1.82) is 0 Å². The topological polar surface area (TPSA) is 164 Å². The number of rotatable bonds is 4. The zero-order valence-corrected chi connectivity index (χ0v) is 8.56.